The van der Waals surface area contributed by atoms with Crippen molar-refractivity contribution in [3.05, 3.63) is 114 Å². The predicted octanol–water partition coefficient (Wildman–Crippen LogP) is 7.19. The summed E-state index contributed by atoms with van der Waals surface area (Å²) < 4.78 is 69.5. The van der Waals surface area contributed by atoms with Gasteiger partial charge in [-0.25, -0.2) is 0 Å². The maximum absolute atomic E-state index is 12.0. The third-order valence-electron chi connectivity index (χ3n) is 9.24. The largest absolute Gasteiger partial charge is 0.481 e. The lowest BCUT2D eigenvalue weighted by molar-refractivity contribution is -0.137. The van der Waals surface area contributed by atoms with Gasteiger partial charge in [-0.1, -0.05) is 56.7 Å². The molecular weight excluding hydrogens is 665 g/mol. The number of nitrogens with zero attached hydrogens (tertiary/aromatic N) is 2. The minimum atomic E-state index is -4.40. The first-order chi connectivity index (χ1) is 22.9. The van der Waals surface area contributed by atoms with Gasteiger partial charge in [0.1, 0.15) is 0 Å². The van der Waals surface area contributed by atoms with E-state index >= 15 is 0 Å². The lowest BCUT2D eigenvalue weighted by Gasteiger charge is -2.27. The van der Waals surface area contributed by atoms with Crippen molar-refractivity contribution in [3.63, 3.8) is 0 Å². The van der Waals surface area contributed by atoms with Crippen molar-refractivity contribution in [2.24, 2.45) is 0 Å². The van der Waals surface area contributed by atoms with Crippen LogP contribution in [-0.4, -0.2) is 49.3 Å². The molecule has 0 aliphatic carbocycles. The number of hydrogen-bond acceptors (Lipinski definition) is 6. The van der Waals surface area contributed by atoms with Crippen LogP contribution in [0.2, 0.25) is 0 Å². The van der Waals surface area contributed by atoms with Crippen molar-refractivity contribution in [3.8, 4) is 0 Å². The Labute approximate surface area is 287 Å². The molecule has 2 aliphatic rings. The third-order valence-corrected chi connectivity index (χ3v) is 10.9. The Kier molecular flexibility index (Phi) is 9.91. The second-order valence-electron chi connectivity index (χ2n) is 13.3. The number of benzene rings is 3. The van der Waals surface area contributed by atoms with Crippen LogP contribution in [0.15, 0.2) is 113 Å². The van der Waals surface area contributed by atoms with Gasteiger partial charge in [0.2, 0.25) is 11.4 Å². The van der Waals surface area contributed by atoms with Gasteiger partial charge in [0.15, 0.2) is 5.71 Å². The SMILES string of the molecule is CC1(C)C(/C=C/C=C/C=C2/N(CCCCCC(=O)O)c3ccc(S(=O)(=O)O)cc3C2(C)C)=[N+](c2ccccc2)c2ccc(S(=O)(=O)O)cc21. The lowest BCUT2D eigenvalue weighted by atomic mass is 9.81. The average molecular weight is 706 g/mol. The minimum Gasteiger partial charge on any atom is -0.481 e. The van der Waals surface area contributed by atoms with E-state index in [2.05, 4.69) is 9.48 Å². The number of para-hydroxylation sites is 1. The normalized spacial score (nSPS) is 17.8. The molecule has 0 radical (unpaired) electrons. The molecule has 10 nitrogen and oxygen atoms in total. The van der Waals surface area contributed by atoms with E-state index in [1.54, 1.807) is 12.1 Å². The molecule has 0 aromatic heterocycles. The molecule has 2 heterocycles. The number of carbonyl (C=O) groups is 1. The molecule has 0 spiro atoms. The fourth-order valence-corrected chi connectivity index (χ4v) is 7.71. The molecule has 0 saturated carbocycles. The van der Waals surface area contributed by atoms with Crippen molar-refractivity contribution in [1.82, 2.24) is 4.58 Å². The summed E-state index contributed by atoms with van der Waals surface area (Å²) in [5.74, 6) is -0.832. The van der Waals surface area contributed by atoms with Gasteiger partial charge in [0, 0.05) is 59.6 Å². The van der Waals surface area contributed by atoms with E-state index in [0.717, 1.165) is 46.0 Å². The summed E-state index contributed by atoms with van der Waals surface area (Å²) in [6.07, 6.45) is 11.7. The number of aliphatic carboxylic acids is 1. The zero-order valence-electron chi connectivity index (χ0n) is 27.9. The van der Waals surface area contributed by atoms with E-state index in [1.807, 2.05) is 88.4 Å². The molecule has 0 bridgehead atoms. The Morgan fingerprint density at radius 2 is 1.41 bits per heavy atom. The molecule has 12 heteroatoms. The standard InChI is InChI=1S/C37H40N2O8S2/c1-36(2)29-24-27(48(42,43)44)19-21-31(29)38(23-13-7-12-18-35(40)41)33(36)16-10-6-11-17-34-37(3,4)30-25-28(49(45,46)47)20-22-32(30)39(34)26-14-8-5-9-15-26/h5-6,8-11,14-17,19-22,24-25H,7,12-13,18,23H2,1-4H3,(H2-,40,41,42,43,44,45,46,47)/p+1. The van der Waals surface area contributed by atoms with Crippen LogP contribution < -0.4 is 9.48 Å². The van der Waals surface area contributed by atoms with Gasteiger partial charge < -0.3 is 10.0 Å². The van der Waals surface area contributed by atoms with Crippen LogP contribution in [0.1, 0.15) is 64.5 Å². The van der Waals surface area contributed by atoms with Gasteiger partial charge in [-0.15, -0.1) is 0 Å². The maximum Gasteiger partial charge on any atom is 0.303 e. The third kappa shape index (κ3) is 7.32. The van der Waals surface area contributed by atoms with E-state index in [9.17, 15) is 30.7 Å². The number of rotatable bonds is 12. The molecule has 0 atom stereocenters. The smallest absolute Gasteiger partial charge is 0.303 e. The Morgan fingerprint density at radius 3 is 2.04 bits per heavy atom. The zero-order valence-corrected chi connectivity index (χ0v) is 29.5. The van der Waals surface area contributed by atoms with E-state index in [-0.39, 0.29) is 16.2 Å². The number of unbranched alkanes of at least 4 members (excludes halogenated alkanes) is 2. The number of anilines is 1. The van der Waals surface area contributed by atoms with Gasteiger partial charge in [-0.2, -0.15) is 21.4 Å². The summed E-state index contributed by atoms with van der Waals surface area (Å²) in [6, 6.07) is 18.9. The first-order valence-electron chi connectivity index (χ1n) is 16.0. The first-order valence-corrected chi connectivity index (χ1v) is 18.8. The second kappa shape index (κ2) is 13.5. The van der Waals surface area contributed by atoms with Crippen LogP contribution in [0.3, 0.4) is 0 Å². The topological polar surface area (TPSA) is 152 Å². The Morgan fingerprint density at radius 1 is 0.776 bits per heavy atom. The highest BCUT2D eigenvalue weighted by atomic mass is 32.2. The number of hydrogen-bond donors (Lipinski definition) is 3. The van der Waals surface area contributed by atoms with Crippen molar-refractivity contribution in [2.75, 3.05) is 11.4 Å². The summed E-state index contributed by atoms with van der Waals surface area (Å²) in [7, 11) is -8.80. The van der Waals surface area contributed by atoms with Crippen LogP contribution >= 0.6 is 0 Å². The molecule has 0 fully saturated rings. The first kappa shape index (κ1) is 35.9. The van der Waals surface area contributed by atoms with Crippen LogP contribution in [0.4, 0.5) is 17.1 Å². The molecule has 5 rings (SSSR count). The fraction of sp³-hybridized carbons (Fsp3) is 0.297. The zero-order chi connectivity index (χ0) is 35.8. The fourth-order valence-electron chi connectivity index (χ4n) is 6.69. The summed E-state index contributed by atoms with van der Waals surface area (Å²) in [5.41, 5.74) is 4.63. The summed E-state index contributed by atoms with van der Waals surface area (Å²) >= 11 is 0. The quantitative estimate of drug-likeness (QED) is 0.0770. The van der Waals surface area contributed by atoms with E-state index < -0.39 is 37.0 Å². The van der Waals surface area contributed by atoms with E-state index in [0.29, 0.717) is 19.4 Å². The molecule has 258 valence electrons. The Hall–Kier alpha value is -4.36. The van der Waals surface area contributed by atoms with E-state index in [1.165, 1.54) is 24.3 Å². The minimum absolute atomic E-state index is 0.0991. The Balaban J connectivity index is 1.49. The highest BCUT2D eigenvalue weighted by Gasteiger charge is 2.46. The molecule has 0 unspecified atom stereocenters. The van der Waals surface area contributed by atoms with Gasteiger partial charge >= 0.3 is 5.97 Å². The summed E-state index contributed by atoms with van der Waals surface area (Å²) in [4.78, 5) is 12.8. The van der Waals surface area contributed by atoms with Gasteiger partial charge in [0.25, 0.3) is 20.2 Å². The second-order valence-corrected chi connectivity index (χ2v) is 16.1. The van der Waals surface area contributed by atoms with Gasteiger partial charge in [-0.05, 0) is 68.7 Å². The van der Waals surface area contributed by atoms with Gasteiger partial charge in [0.05, 0.1) is 15.2 Å². The van der Waals surface area contributed by atoms with Crippen LogP contribution in [0.25, 0.3) is 0 Å². The van der Waals surface area contributed by atoms with Crippen molar-refractivity contribution in [2.45, 2.75) is 74.0 Å². The molecule has 49 heavy (non-hydrogen) atoms. The number of fused-ring (bicyclic) bond motifs is 2. The highest BCUT2D eigenvalue weighted by molar-refractivity contribution is 7.86. The van der Waals surface area contributed by atoms with E-state index in [4.69, 9.17) is 5.11 Å². The van der Waals surface area contributed by atoms with Crippen LogP contribution in [-0.2, 0) is 35.9 Å². The highest BCUT2D eigenvalue weighted by Crippen LogP contribution is 2.49. The average Bonchev–Trinajstić information content (AvgIpc) is 3.38. The molecule has 3 aromatic rings. The summed E-state index contributed by atoms with van der Waals surface area (Å²) in [6.45, 7) is 8.58. The molecular formula is C37H41N2O8S2+. The summed E-state index contributed by atoms with van der Waals surface area (Å²) in [5, 5.41) is 9.02. The number of carboxylic acid groups (broad SMARTS) is 1. The Bertz CT molecular complexity index is 2130. The van der Waals surface area contributed by atoms with Gasteiger partial charge in [-0.3, -0.25) is 13.9 Å². The predicted molar refractivity (Wildman–Crippen MR) is 191 cm³/mol. The van der Waals surface area contributed by atoms with Crippen LogP contribution in [0, 0.1) is 0 Å². The molecule has 0 amide bonds. The molecule has 3 aromatic carbocycles. The van der Waals surface area contributed by atoms with Crippen molar-refractivity contribution >= 4 is 49.0 Å². The molecule has 0 saturated heterocycles. The molecule has 3 N–H and O–H groups in total. The monoisotopic (exact) mass is 705 g/mol. The van der Waals surface area contributed by atoms with Crippen LogP contribution in [0.5, 0.6) is 0 Å². The molecule has 2 aliphatic heterocycles. The maximum atomic E-state index is 12.0. The van der Waals surface area contributed by atoms with Crippen molar-refractivity contribution < 1.29 is 35.8 Å². The number of allylic oxidation sites excluding steroid dienone is 6. The lowest BCUT2D eigenvalue weighted by Crippen LogP contribution is -2.27. The number of carboxylic acids is 1. The van der Waals surface area contributed by atoms with Crippen molar-refractivity contribution in [1.29, 1.82) is 0 Å².